The first-order valence-corrected chi connectivity index (χ1v) is 6.36. The Kier molecular flexibility index (Phi) is 3.09. The minimum Gasteiger partial charge on any atom is -0.394 e. The number of nitrogens with one attached hydrogen (secondary N) is 2. The molecular formula is C10H13N5O4S. The van der Waals surface area contributed by atoms with Crippen LogP contribution in [0.2, 0.25) is 0 Å². The summed E-state index contributed by atoms with van der Waals surface area (Å²) in [7, 11) is 0. The molecule has 2 aromatic rings. The predicted molar refractivity (Wildman–Crippen MR) is 71.6 cm³/mol. The van der Waals surface area contributed by atoms with Crippen LogP contribution in [0.1, 0.15) is 12.6 Å². The van der Waals surface area contributed by atoms with Crippen LogP contribution in [0.4, 0.5) is 5.95 Å². The van der Waals surface area contributed by atoms with Gasteiger partial charge in [0.1, 0.15) is 12.3 Å². The zero-order valence-corrected chi connectivity index (χ0v) is 11.1. The van der Waals surface area contributed by atoms with Crippen LogP contribution in [0.15, 0.2) is 4.79 Å². The van der Waals surface area contributed by atoms with Crippen LogP contribution in [0.5, 0.6) is 0 Å². The van der Waals surface area contributed by atoms with E-state index in [2.05, 4.69) is 15.0 Å². The van der Waals surface area contributed by atoms with Crippen molar-refractivity contribution in [2.24, 2.45) is 0 Å². The molecule has 9 nitrogen and oxygen atoms in total. The molecule has 1 saturated heterocycles. The van der Waals surface area contributed by atoms with Crippen molar-refractivity contribution in [1.82, 2.24) is 19.5 Å². The zero-order valence-electron chi connectivity index (χ0n) is 10.2. The first-order valence-electron chi connectivity index (χ1n) is 5.95. The molecule has 0 aromatic carbocycles. The second-order valence-electron chi connectivity index (χ2n) is 4.56. The topological polar surface area (TPSA) is 142 Å². The summed E-state index contributed by atoms with van der Waals surface area (Å²) in [6.45, 7) is -0.302. The lowest BCUT2D eigenvalue weighted by molar-refractivity contribution is -0.0436. The van der Waals surface area contributed by atoms with Crippen molar-refractivity contribution in [3.63, 3.8) is 0 Å². The Bertz CT molecular complexity index is 765. The SMILES string of the molecule is Nc1nc2c([nH]c(=S)n2[C@H]2CC(O)[C@@H](CO)O2)c(=O)[nH]1. The molecule has 20 heavy (non-hydrogen) atoms. The molecule has 1 aliphatic heterocycles. The summed E-state index contributed by atoms with van der Waals surface area (Å²) in [6.07, 6.45) is -1.87. The maximum atomic E-state index is 11.8. The molecule has 1 aliphatic rings. The number of nitrogen functional groups attached to an aromatic ring is 1. The average Bonchev–Trinajstić information content (AvgIpc) is 2.89. The molecule has 0 amide bonds. The normalized spacial score (nSPS) is 26.4. The van der Waals surface area contributed by atoms with Gasteiger partial charge in [0, 0.05) is 6.42 Å². The van der Waals surface area contributed by atoms with E-state index < -0.39 is 24.0 Å². The molecule has 0 radical (unpaired) electrons. The smallest absolute Gasteiger partial charge is 0.278 e. The van der Waals surface area contributed by atoms with E-state index in [1.54, 1.807) is 0 Å². The highest BCUT2D eigenvalue weighted by molar-refractivity contribution is 7.71. The van der Waals surface area contributed by atoms with Crippen molar-refractivity contribution < 1.29 is 14.9 Å². The first-order chi connectivity index (χ1) is 9.51. The van der Waals surface area contributed by atoms with Crippen molar-refractivity contribution in [3.05, 3.63) is 15.1 Å². The van der Waals surface area contributed by atoms with Crippen molar-refractivity contribution in [2.75, 3.05) is 12.3 Å². The van der Waals surface area contributed by atoms with Crippen LogP contribution in [0.3, 0.4) is 0 Å². The fourth-order valence-electron chi connectivity index (χ4n) is 2.33. The number of anilines is 1. The monoisotopic (exact) mass is 299 g/mol. The molecule has 0 aliphatic carbocycles. The third-order valence-electron chi connectivity index (χ3n) is 3.27. The minimum atomic E-state index is -0.809. The first kappa shape index (κ1) is 13.2. The van der Waals surface area contributed by atoms with Gasteiger partial charge < -0.3 is 25.7 Å². The highest BCUT2D eigenvalue weighted by atomic mass is 32.1. The summed E-state index contributed by atoms with van der Waals surface area (Å²) >= 11 is 5.16. The summed E-state index contributed by atoms with van der Waals surface area (Å²) in [5, 5.41) is 18.9. The van der Waals surface area contributed by atoms with Crippen molar-refractivity contribution in [2.45, 2.75) is 24.9 Å². The van der Waals surface area contributed by atoms with Gasteiger partial charge in [0.2, 0.25) is 5.95 Å². The van der Waals surface area contributed by atoms with E-state index in [1.165, 1.54) is 4.57 Å². The Balaban J connectivity index is 2.15. The number of aromatic nitrogens is 4. The lowest BCUT2D eigenvalue weighted by Crippen LogP contribution is -2.24. The van der Waals surface area contributed by atoms with Crippen LogP contribution in [0, 0.1) is 4.77 Å². The maximum absolute atomic E-state index is 11.8. The van der Waals surface area contributed by atoms with Gasteiger partial charge in [-0.3, -0.25) is 14.3 Å². The van der Waals surface area contributed by atoms with Gasteiger partial charge >= 0.3 is 0 Å². The summed E-state index contributed by atoms with van der Waals surface area (Å²) in [5.74, 6) is -0.0393. The molecule has 6 N–H and O–H groups in total. The lowest BCUT2D eigenvalue weighted by Gasteiger charge is -2.13. The number of hydrogen-bond donors (Lipinski definition) is 5. The number of aromatic amines is 2. The molecule has 108 valence electrons. The Morgan fingerprint density at radius 2 is 2.30 bits per heavy atom. The molecule has 3 heterocycles. The number of ether oxygens (including phenoxy) is 1. The number of rotatable bonds is 2. The van der Waals surface area contributed by atoms with E-state index in [0.717, 1.165) is 0 Å². The summed E-state index contributed by atoms with van der Waals surface area (Å²) < 4.78 is 7.24. The third-order valence-corrected chi connectivity index (χ3v) is 3.57. The van der Waals surface area contributed by atoms with Crippen LogP contribution in [-0.2, 0) is 4.74 Å². The zero-order chi connectivity index (χ0) is 14.4. The van der Waals surface area contributed by atoms with Crippen molar-refractivity contribution in [1.29, 1.82) is 0 Å². The van der Waals surface area contributed by atoms with Gasteiger partial charge in [-0.2, -0.15) is 4.98 Å². The highest BCUT2D eigenvalue weighted by Gasteiger charge is 2.35. The fraction of sp³-hybridized carbons (Fsp3) is 0.500. The van der Waals surface area contributed by atoms with E-state index in [1.807, 2.05) is 0 Å². The Morgan fingerprint density at radius 3 is 2.95 bits per heavy atom. The second-order valence-corrected chi connectivity index (χ2v) is 4.95. The molecule has 1 fully saturated rings. The Hall–Kier alpha value is -1.75. The Morgan fingerprint density at radius 1 is 1.55 bits per heavy atom. The molecule has 3 atom stereocenters. The molecule has 0 bridgehead atoms. The Labute approximate surface area is 117 Å². The van der Waals surface area contributed by atoms with Gasteiger partial charge in [-0.1, -0.05) is 0 Å². The number of fused-ring (bicyclic) bond motifs is 1. The lowest BCUT2D eigenvalue weighted by atomic mass is 10.2. The van der Waals surface area contributed by atoms with Crippen LogP contribution >= 0.6 is 12.2 Å². The molecule has 10 heteroatoms. The molecule has 1 unspecified atom stereocenters. The third kappa shape index (κ3) is 1.93. The summed E-state index contributed by atoms with van der Waals surface area (Å²) in [5.41, 5.74) is 5.53. The molecule has 0 saturated carbocycles. The van der Waals surface area contributed by atoms with Gasteiger partial charge in [0.05, 0.1) is 12.7 Å². The average molecular weight is 299 g/mol. The molecule has 0 spiro atoms. The van der Waals surface area contributed by atoms with Crippen LogP contribution in [0.25, 0.3) is 11.2 Å². The number of H-pyrrole nitrogens is 2. The van der Waals surface area contributed by atoms with E-state index in [-0.39, 0.29) is 34.9 Å². The maximum Gasteiger partial charge on any atom is 0.278 e. The summed E-state index contributed by atoms with van der Waals surface area (Å²) in [6, 6.07) is 0. The number of imidazole rings is 1. The molecule has 3 rings (SSSR count). The van der Waals surface area contributed by atoms with Crippen LogP contribution in [-0.4, -0.2) is 48.5 Å². The molecular weight excluding hydrogens is 286 g/mol. The number of hydrogen-bond acceptors (Lipinski definition) is 7. The molecule has 2 aromatic heterocycles. The largest absolute Gasteiger partial charge is 0.394 e. The van der Waals surface area contributed by atoms with E-state index in [4.69, 9.17) is 27.8 Å². The fourth-order valence-corrected chi connectivity index (χ4v) is 2.64. The highest BCUT2D eigenvalue weighted by Crippen LogP contribution is 2.30. The number of nitrogens with zero attached hydrogens (tertiary/aromatic N) is 2. The predicted octanol–water partition coefficient (Wildman–Crippen LogP) is -0.995. The van der Waals surface area contributed by atoms with E-state index in [9.17, 15) is 9.90 Å². The quantitative estimate of drug-likeness (QED) is 0.448. The van der Waals surface area contributed by atoms with Gasteiger partial charge in [-0.05, 0) is 12.2 Å². The van der Waals surface area contributed by atoms with Gasteiger partial charge in [0.15, 0.2) is 15.9 Å². The number of nitrogens with two attached hydrogens (primary N) is 1. The van der Waals surface area contributed by atoms with Crippen molar-refractivity contribution in [3.8, 4) is 0 Å². The van der Waals surface area contributed by atoms with Gasteiger partial charge in [0.25, 0.3) is 5.56 Å². The second kappa shape index (κ2) is 4.66. The van der Waals surface area contributed by atoms with E-state index in [0.29, 0.717) is 0 Å². The van der Waals surface area contributed by atoms with Crippen molar-refractivity contribution >= 4 is 29.3 Å². The standard InChI is InChI=1S/C10H13N5O4S/c11-9-13-7-6(8(18)14-9)12-10(20)15(7)5-1-3(17)4(2-16)19-5/h3-5,16-17H,1-2H2,(H,12,20)(H3,11,13,14,18)/t3?,4-,5-/m1/s1. The van der Waals surface area contributed by atoms with Gasteiger partial charge in [-0.25, -0.2) is 0 Å². The minimum absolute atomic E-state index is 0.0393. The number of aliphatic hydroxyl groups excluding tert-OH is 2. The van der Waals surface area contributed by atoms with Gasteiger partial charge in [-0.15, -0.1) is 0 Å². The summed E-state index contributed by atoms with van der Waals surface area (Å²) in [4.78, 5) is 20.9. The number of aliphatic hydroxyl groups is 2. The van der Waals surface area contributed by atoms with E-state index >= 15 is 0 Å². The van der Waals surface area contributed by atoms with Crippen LogP contribution < -0.4 is 11.3 Å².